The molecule has 7 nitrogen and oxygen atoms in total. The number of hydrogen-bond acceptors (Lipinski definition) is 7. The molecule has 4 rings (SSSR count). The van der Waals surface area contributed by atoms with E-state index >= 15 is 0 Å². The van der Waals surface area contributed by atoms with Crippen LogP contribution < -0.4 is 19.9 Å². The molecule has 2 aliphatic heterocycles. The van der Waals surface area contributed by atoms with Gasteiger partial charge in [0.05, 0.1) is 17.9 Å². The summed E-state index contributed by atoms with van der Waals surface area (Å²) in [5, 5.41) is 3.92. The van der Waals surface area contributed by atoms with Gasteiger partial charge in [0.1, 0.15) is 17.2 Å². The molecule has 0 atom stereocenters. The topological polar surface area (TPSA) is 66.9 Å². The average molecular weight is 417 g/mol. The summed E-state index contributed by atoms with van der Waals surface area (Å²) >= 11 is 1.46. The van der Waals surface area contributed by atoms with Gasteiger partial charge in [-0.2, -0.15) is 0 Å². The molecule has 0 saturated carbocycles. The fourth-order valence-electron chi connectivity index (χ4n) is 3.80. The van der Waals surface area contributed by atoms with Crippen molar-refractivity contribution in [3.05, 3.63) is 28.8 Å². The zero-order valence-electron chi connectivity index (χ0n) is 17.4. The van der Waals surface area contributed by atoms with E-state index in [-0.39, 0.29) is 11.4 Å². The van der Waals surface area contributed by atoms with Crippen LogP contribution in [0.3, 0.4) is 0 Å². The molecule has 156 valence electrons. The molecule has 0 saturated heterocycles. The van der Waals surface area contributed by atoms with Crippen molar-refractivity contribution in [3.63, 3.8) is 0 Å². The van der Waals surface area contributed by atoms with Crippen LogP contribution in [-0.2, 0) is 11.2 Å². The van der Waals surface area contributed by atoms with Gasteiger partial charge in [0.2, 0.25) is 0 Å². The van der Waals surface area contributed by atoms with Crippen LogP contribution in [-0.4, -0.2) is 56.9 Å². The largest absolute Gasteiger partial charge is 0.489 e. The SMILES string of the molecule is COCCCN(C)c1ccc2c(c1)OCCN2c1nc2c(s1)C(=O)NC(C)(C)C2. The summed E-state index contributed by atoms with van der Waals surface area (Å²) in [6.45, 7) is 7.03. The molecule has 1 aromatic heterocycles. The van der Waals surface area contributed by atoms with Gasteiger partial charge in [-0.25, -0.2) is 4.98 Å². The number of carbonyl (C=O) groups excluding carboxylic acids is 1. The number of carbonyl (C=O) groups is 1. The van der Waals surface area contributed by atoms with Crippen molar-refractivity contribution in [2.75, 3.05) is 50.3 Å². The molecule has 1 N–H and O–H groups in total. The number of amides is 1. The van der Waals surface area contributed by atoms with E-state index in [0.717, 1.165) is 58.8 Å². The number of ether oxygens (including phenoxy) is 2. The van der Waals surface area contributed by atoms with Crippen LogP contribution in [0, 0.1) is 0 Å². The van der Waals surface area contributed by atoms with Crippen LogP contribution in [0.1, 0.15) is 35.6 Å². The molecule has 0 bridgehead atoms. The molecule has 0 unspecified atom stereocenters. The maximum atomic E-state index is 12.5. The third-order valence-electron chi connectivity index (χ3n) is 5.27. The van der Waals surface area contributed by atoms with Crippen LogP contribution in [0.15, 0.2) is 18.2 Å². The summed E-state index contributed by atoms with van der Waals surface area (Å²) in [5.41, 5.74) is 2.74. The molecule has 0 spiro atoms. The molecule has 29 heavy (non-hydrogen) atoms. The molecule has 1 aromatic carbocycles. The first kappa shape index (κ1) is 20.0. The molecular formula is C21H28N4O3S. The molecule has 1 amide bonds. The highest BCUT2D eigenvalue weighted by Crippen LogP contribution is 2.42. The number of methoxy groups -OCH3 is 1. The number of hydrogen-bond donors (Lipinski definition) is 1. The van der Waals surface area contributed by atoms with E-state index in [1.54, 1.807) is 7.11 Å². The first-order valence-corrected chi connectivity index (χ1v) is 10.8. The van der Waals surface area contributed by atoms with Gasteiger partial charge in [-0.15, -0.1) is 0 Å². The third kappa shape index (κ3) is 4.04. The minimum absolute atomic E-state index is 0.0264. The zero-order chi connectivity index (χ0) is 20.6. The molecule has 2 aromatic rings. The van der Waals surface area contributed by atoms with Gasteiger partial charge < -0.3 is 24.6 Å². The Morgan fingerprint density at radius 3 is 3.03 bits per heavy atom. The quantitative estimate of drug-likeness (QED) is 0.730. The van der Waals surface area contributed by atoms with Crippen LogP contribution >= 0.6 is 11.3 Å². The van der Waals surface area contributed by atoms with Gasteiger partial charge in [0.25, 0.3) is 5.91 Å². The smallest absolute Gasteiger partial charge is 0.263 e. The standard InChI is InChI=1S/C21H28N4O3S/c1-21(2)13-15-18(19(26)23-21)29-20(22-15)25-9-11-28-17-12-14(6-7-16(17)25)24(3)8-5-10-27-4/h6-7,12H,5,8-11,13H2,1-4H3,(H,23,26). The molecule has 0 aliphatic carbocycles. The number of nitrogens with zero attached hydrogens (tertiary/aromatic N) is 3. The summed E-state index contributed by atoms with van der Waals surface area (Å²) < 4.78 is 11.1. The highest BCUT2D eigenvalue weighted by molar-refractivity contribution is 7.17. The molecule has 2 aliphatic rings. The highest BCUT2D eigenvalue weighted by Gasteiger charge is 2.34. The first-order chi connectivity index (χ1) is 13.9. The van der Waals surface area contributed by atoms with E-state index < -0.39 is 0 Å². The van der Waals surface area contributed by atoms with E-state index in [4.69, 9.17) is 14.5 Å². The van der Waals surface area contributed by atoms with Gasteiger partial charge in [-0.3, -0.25) is 4.79 Å². The van der Waals surface area contributed by atoms with Crippen molar-refractivity contribution in [2.45, 2.75) is 32.2 Å². The average Bonchev–Trinajstić information content (AvgIpc) is 3.10. The van der Waals surface area contributed by atoms with Gasteiger partial charge >= 0.3 is 0 Å². The normalized spacial score (nSPS) is 17.2. The van der Waals surface area contributed by atoms with E-state index in [2.05, 4.69) is 40.4 Å². The lowest BCUT2D eigenvalue weighted by Crippen LogP contribution is -2.48. The van der Waals surface area contributed by atoms with E-state index in [1.807, 2.05) is 13.8 Å². The number of rotatable bonds is 6. The predicted octanol–water partition coefficient (Wildman–Crippen LogP) is 3.21. The second-order valence-electron chi connectivity index (χ2n) is 8.21. The maximum absolute atomic E-state index is 12.5. The van der Waals surface area contributed by atoms with Crippen molar-refractivity contribution in [1.82, 2.24) is 10.3 Å². The molecule has 3 heterocycles. The number of thiazole rings is 1. The zero-order valence-corrected chi connectivity index (χ0v) is 18.3. The Hall–Kier alpha value is -2.32. The third-order valence-corrected chi connectivity index (χ3v) is 6.39. The summed E-state index contributed by atoms with van der Waals surface area (Å²) in [6, 6.07) is 6.27. The van der Waals surface area contributed by atoms with E-state index in [9.17, 15) is 4.79 Å². The Morgan fingerprint density at radius 2 is 2.24 bits per heavy atom. The van der Waals surface area contributed by atoms with Crippen molar-refractivity contribution < 1.29 is 14.3 Å². The fourth-order valence-corrected chi connectivity index (χ4v) is 4.82. The number of anilines is 3. The van der Waals surface area contributed by atoms with Crippen molar-refractivity contribution in [1.29, 1.82) is 0 Å². The van der Waals surface area contributed by atoms with Crippen molar-refractivity contribution in [2.24, 2.45) is 0 Å². The summed E-state index contributed by atoms with van der Waals surface area (Å²) in [5.74, 6) is 0.826. The number of fused-ring (bicyclic) bond motifs is 2. The monoisotopic (exact) mass is 416 g/mol. The first-order valence-electron chi connectivity index (χ1n) is 9.94. The minimum atomic E-state index is -0.263. The second kappa shape index (κ2) is 7.84. The van der Waals surface area contributed by atoms with E-state index in [1.165, 1.54) is 11.3 Å². The van der Waals surface area contributed by atoms with Gasteiger partial charge in [-0.1, -0.05) is 11.3 Å². The summed E-state index contributed by atoms with van der Waals surface area (Å²) in [4.78, 5) is 22.4. The lowest BCUT2D eigenvalue weighted by Gasteiger charge is -2.30. The van der Waals surface area contributed by atoms with E-state index in [0.29, 0.717) is 13.2 Å². The molecule has 0 fully saturated rings. The Labute approximate surface area is 175 Å². The van der Waals surface area contributed by atoms with Gasteiger partial charge in [0.15, 0.2) is 5.13 Å². The van der Waals surface area contributed by atoms with Crippen LogP contribution in [0.2, 0.25) is 0 Å². The molecule has 0 radical (unpaired) electrons. The Bertz CT molecular complexity index is 911. The Morgan fingerprint density at radius 1 is 1.41 bits per heavy atom. The van der Waals surface area contributed by atoms with Crippen molar-refractivity contribution in [3.8, 4) is 5.75 Å². The van der Waals surface area contributed by atoms with Gasteiger partial charge in [-0.05, 0) is 32.4 Å². The van der Waals surface area contributed by atoms with Crippen LogP contribution in [0.4, 0.5) is 16.5 Å². The molecular weight excluding hydrogens is 388 g/mol. The van der Waals surface area contributed by atoms with Gasteiger partial charge in [0, 0.05) is 51.0 Å². The lowest BCUT2D eigenvalue weighted by molar-refractivity contribution is 0.0901. The highest BCUT2D eigenvalue weighted by atomic mass is 32.1. The number of aromatic nitrogens is 1. The fraction of sp³-hybridized carbons (Fsp3) is 0.524. The minimum Gasteiger partial charge on any atom is -0.489 e. The summed E-state index contributed by atoms with van der Waals surface area (Å²) in [6.07, 6.45) is 1.72. The van der Waals surface area contributed by atoms with Crippen LogP contribution in [0.25, 0.3) is 0 Å². The number of benzene rings is 1. The van der Waals surface area contributed by atoms with Crippen molar-refractivity contribution >= 4 is 33.8 Å². The second-order valence-corrected chi connectivity index (χ2v) is 9.18. The summed E-state index contributed by atoms with van der Waals surface area (Å²) in [7, 11) is 3.80. The molecule has 8 heteroatoms. The maximum Gasteiger partial charge on any atom is 0.263 e. The Balaban J connectivity index is 1.59. The predicted molar refractivity (Wildman–Crippen MR) is 116 cm³/mol. The Kier molecular flexibility index (Phi) is 5.40. The lowest BCUT2D eigenvalue weighted by atomic mass is 9.94. The number of nitrogens with one attached hydrogen (secondary N) is 1. The van der Waals surface area contributed by atoms with Crippen LogP contribution in [0.5, 0.6) is 5.75 Å².